The van der Waals surface area contributed by atoms with Crippen LogP contribution < -0.4 is 4.43 Å². The molecule has 0 atom stereocenters. The van der Waals surface area contributed by atoms with E-state index in [4.69, 9.17) is 16.0 Å². The molecule has 0 bridgehead atoms. The Hall–Kier alpha value is -1.07. The van der Waals surface area contributed by atoms with Crippen molar-refractivity contribution in [3.05, 3.63) is 33.3 Å². The van der Waals surface area contributed by atoms with Crippen molar-refractivity contribution in [3.8, 4) is 5.75 Å². The summed E-state index contributed by atoms with van der Waals surface area (Å²) in [4.78, 5) is 10.3. The highest BCUT2D eigenvalue weighted by atomic mass is 35.5. The fourth-order valence-electron chi connectivity index (χ4n) is 1.11. The molecule has 6 heteroatoms. The SMILES string of the molecule is CC(C)(C)[Si](C)(C)Oc1cc([N+](=O)[O-])ccc1Cl. The summed E-state index contributed by atoms with van der Waals surface area (Å²) in [7, 11) is -2.04. The average Bonchev–Trinajstić information content (AvgIpc) is 2.18. The first kappa shape index (κ1) is 15.0. The van der Waals surface area contributed by atoms with Crippen molar-refractivity contribution in [1.82, 2.24) is 0 Å². The second-order valence-corrected chi connectivity index (χ2v) is 10.9. The molecule has 0 saturated heterocycles. The van der Waals surface area contributed by atoms with Gasteiger partial charge in [-0.3, -0.25) is 10.1 Å². The van der Waals surface area contributed by atoms with E-state index in [1.54, 1.807) is 0 Å². The summed E-state index contributed by atoms with van der Waals surface area (Å²) >= 11 is 6.03. The smallest absolute Gasteiger partial charge is 0.273 e. The zero-order valence-corrected chi connectivity index (χ0v) is 13.0. The van der Waals surface area contributed by atoms with Crippen LogP contribution in [-0.2, 0) is 0 Å². The summed E-state index contributed by atoms with van der Waals surface area (Å²) in [6, 6.07) is 4.27. The van der Waals surface area contributed by atoms with E-state index < -0.39 is 13.2 Å². The minimum absolute atomic E-state index is 0.00638. The standard InChI is InChI=1S/C12H18ClNO3Si/c1-12(2,3)18(4,5)17-11-8-9(14(15)16)6-7-10(11)13/h6-8H,1-5H3. The van der Waals surface area contributed by atoms with Crippen LogP contribution in [0.1, 0.15) is 20.8 Å². The van der Waals surface area contributed by atoms with E-state index in [9.17, 15) is 10.1 Å². The first-order chi connectivity index (χ1) is 8.04. The zero-order chi connectivity index (χ0) is 14.1. The summed E-state index contributed by atoms with van der Waals surface area (Å²) in [6.45, 7) is 10.4. The van der Waals surface area contributed by atoms with Crippen LogP contribution in [0.25, 0.3) is 0 Å². The van der Waals surface area contributed by atoms with Crippen LogP contribution in [0.3, 0.4) is 0 Å². The molecular formula is C12H18ClNO3Si. The van der Waals surface area contributed by atoms with Crippen molar-refractivity contribution in [3.63, 3.8) is 0 Å². The van der Waals surface area contributed by atoms with Gasteiger partial charge in [-0.1, -0.05) is 32.4 Å². The maximum absolute atomic E-state index is 10.7. The Morgan fingerprint density at radius 1 is 1.33 bits per heavy atom. The Morgan fingerprint density at radius 3 is 2.33 bits per heavy atom. The lowest BCUT2D eigenvalue weighted by atomic mass is 10.2. The minimum atomic E-state index is -2.04. The number of non-ortho nitro benzene ring substituents is 1. The van der Waals surface area contributed by atoms with E-state index in [2.05, 4.69) is 33.9 Å². The molecule has 1 rings (SSSR count). The van der Waals surface area contributed by atoms with Crippen molar-refractivity contribution < 1.29 is 9.35 Å². The van der Waals surface area contributed by atoms with E-state index in [-0.39, 0.29) is 10.7 Å². The summed E-state index contributed by atoms with van der Waals surface area (Å²) in [5, 5.41) is 11.2. The number of halogens is 1. The molecular weight excluding hydrogens is 270 g/mol. The largest absolute Gasteiger partial charge is 0.542 e. The van der Waals surface area contributed by atoms with Gasteiger partial charge in [0, 0.05) is 6.07 Å². The second-order valence-electron chi connectivity index (χ2n) is 5.73. The highest BCUT2D eigenvalue weighted by Gasteiger charge is 2.39. The van der Waals surface area contributed by atoms with Crippen molar-refractivity contribution in [2.75, 3.05) is 0 Å². The van der Waals surface area contributed by atoms with Crippen LogP contribution in [-0.4, -0.2) is 13.2 Å². The van der Waals surface area contributed by atoms with Gasteiger partial charge in [-0.05, 0) is 24.2 Å². The lowest BCUT2D eigenvalue weighted by Crippen LogP contribution is -2.43. The molecule has 0 aliphatic carbocycles. The fraction of sp³-hybridized carbons (Fsp3) is 0.500. The van der Waals surface area contributed by atoms with Gasteiger partial charge in [0.25, 0.3) is 14.0 Å². The van der Waals surface area contributed by atoms with Crippen LogP contribution in [0, 0.1) is 10.1 Å². The van der Waals surface area contributed by atoms with Crippen LogP contribution in [0.5, 0.6) is 5.75 Å². The Balaban J connectivity index is 3.11. The summed E-state index contributed by atoms with van der Waals surface area (Å²) in [6.07, 6.45) is 0. The molecule has 1 aromatic rings. The average molecular weight is 288 g/mol. The molecule has 0 amide bonds. The minimum Gasteiger partial charge on any atom is -0.542 e. The number of hydrogen-bond donors (Lipinski definition) is 0. The number of benzene rings is 1. The maximum Gasteiger partial charge on any atom is 0.273 e. The zero-order valence-electron chi connectivity index (χ0n) is 11.3. The third-order valence-corrected chi connectivity index (χ3v) is 7.95. The molecule has 0 fully saturated rings. The molecule has 0 unspecified atom stereocenters. The molecule has 4 nitrogen and oxygen atoms in total. The Bertz CT molecular complexity index is 469. The van der Waals surface area contributed by atoms with Gasteiger partial charge in [-0.15, -0.1) is 0 Å². The van der Waals surface area contributed by atoms with E-state index in [0.29, 0.717) is 10.8 Å². The highest BCUT2D eigenvalue weighted by molar-refractivity contribution is 6.74. The van der Waals surface area contributed by atoms with Gasteiger partial charge in [-0.2, -0.15) is 0 Å². The van der Waals surface area contributed by atoms with Crippen LogP contribution in [0.15, 0.2) is 18.2 Å². The fourth-order valence-corrected chi connectivity index (χ4v) is 2.36. The number of nitro groups is 1. The van der Waals surface area contributed by atoms with Gasteiger partial charge in [0.05, 0.1) is 16.0 Å². The first-order valence-electron chi connectivity index (χ1n) is 5.67. The number of nitrogens with zero attached hydrogens (tertiary/aromatic N) is 1. The quantitative estimate of drug-likeness (QED) is 0.462. The van der Waals surface area contributed by atoms with E-state index in [1.165, 1.54) is 18.2 Å². The van der Waals surface area contributed by atoms with Crippen molar-refractivity contribution in [2.45, 2.75) is 38.9 Å². The van der Waals surface area contributed by atoms with Gasteiger partial charge in [0.1, 0.15) is 5.75 Å². The van der Waals surface area contributed by atoms with E-state index in [1.807, 2.05) is 0 Å². The molecule has 0 radical (unpaired) electrons. The Morgan fingerprint density at radius 2 is 1.89 bits per heavy atom. The van der Waals surface area contributed by atoms with Crippen LogP contribution in [0.2, 0.25) is 23.2 Å². The van der Waals surface area contributed by atoms with Gasteiger partial charge in [-0.25, -0.2) is 0 Å². The van der Waals surface area contributed by atoms with Crippen LogP contribution >= 0.6 is 11.6 Å². The molecule has 1 aromatic carbocycles. The maximum atomic E-state index is 10.7. The highest BCUT2D eigenvalue weighted by Crippen LogP contribution is 2.40. The van der Waals surface area contributed by atoms with Crippen molar-refractivity contribution in [1.29, 1.82) is 0 Å². The molecule has 0 heterocycles. The Labute approximate surface area is 113 Å². The molecule has 0 aliphatic heterocycles. The molecule has 100 valence electrons. The lowest BCUT2D eigenvalue weighted by Gasteiger charge is -2.36. The normalized spacial score (nSPS) is 12.3. The predicted octanol–water partition coefficient (Wildman–Crippen LogP) is 4.63. The topological polar surface area (TPSA) is 52.4 Å². The third-order valence-electron chi connectivity index (χ3n) is 3.30. The van der Waals surface area contributed by atoms with Gasteiger partial charge >= 0.3 is 0 Å². The molecule has 0 aliphatic rings. The van der Waals surface area contributed by atoms with Crippen molar-refractivity contribution in [2.24, 2.45) is 0 Å². The van der Waals surface area contributed by atoms with Gasteiger partial charge in [0.15, 0.2) is 0 Å². The molecule has 0 spiro atoms. The summed E-state index contributed by atoms with van der Waals surface area (Å²) < 4.78 is 5.99. The summed E-state index contributed by atoms with van der Waals surface area (Å²) in [5.74, 6) is 0.400. The second kappa shape index (κ2) is 4.89. The van der Waals surface area contributed by atoms with Gasteiger partial charge in [0.2, 0.25) is 0 Å². The van der Waals surface area contributed by atoms with E-state index in [0.717, 1.165) is 0 Å². The number of rotatable bonds is 3. The van der Waals surface area contributed by atoms with Crippen molar-refractivity contribution >= 4 is 25.6 Å². The van der Waals surface area contributed by atoms with Gasteiger partial charge < -0.3 is 4.43 Å². The van der Waals surface area contributed by atoms with E-state index >= 15 is 0 Å². The molecule has 0 aromatic heterocycles. The first-order valence-corrected chi connectivity index (χ1v) is 8.96. The predicted molar refractivity (Wildman–Crippen MR) is 75.9 cm³/mol. The lowest BCUT2D eigenvalue weighted by molar-refractivity contribution is -0.384. The number of nitro benzene ring substituents is 1. The molecule has 0 saturated carbocycles. The van der Waals surface area contributed by atoms with Crippen LogP contribution in [0.4, 0.5) is 5.69 Å². The Kier molecular flexibility index (Phi) is 4.07. The number of hydrogen-bond acceptors (Lipinski definition) is 3. The molecule has 18 heavy (non-hydrogen) atoms. The monoisotopic (exact) mass is 287 g/mol. The molecule has 0 N–H and O–H groups in total. The third kappa shape index (κ3) is 3.23. The summed E-state index contributed by atoms with van der Waals surface area (Å²) in [5.41, 5.74) is -0.00638.